The number of anilines is 1. The van der Waals surface area contributed by atoms with Gasteiger partial charge in [0.1, 0.15) is 13.2 Å². The summed E-state index contributed by atoms with van der Waals surface area (Å²) >= 11 is 3.22. The third kappa shape index (κ3) is 5.06. The number of carbonyl (C=O) groups is 1. The van der Waals surface area contributed by atoms with Crippen LogP contribution in [0.3, 0.4) is 0 Å². The smallest absolute Gasteiger partial charge is 0.229 e. The lowest BCUT2D eigenvalue weighted by Crippen LogP contribution is -2.36. The zero-order valence-corrected chi connectivity index (χ0v) is 18.8. The summed E-state index contributed by atoms with van der Waals surface area (Å²) in [6.07, 6.45) is 0.464. The summed E-state index contributed by atoms with van der Waals surface area (Å²) in [7, 11) is 4.02. The summed E-state index contributed by atoms with van der Waals surface area (Å²) in [5.74, 6) is 2.30. The number of fused-ring (bicyclic) bond motifs is 2. The molecule has 0 saturated carbocycles. The number of hydrogen-bond acceptors (Lipinski definition) is 7. The topological polar surface area (TPSA) is 54.9 Å². The zero-order valence-electron chi connectivity index (χ0n) is 17.2. The minimum Gasteiger partial charge on any atom is -0.486 e. The largest absolute Gasteiger partial charge is 0.486 e. The highest BCUT2D eigenvalue weighted by atomic mass is 32.2. The Labute approximate surface area is 184 Å². The summed E-state index contributed by atoms with van der Waals surface area (Å²) in [6, 6.07) is 14.0. The van der Waals surface area contributed by atoms with E-state index >= 15 is 0 Å². The van der Waals surface area contributed by atoms with Crippen molar-refractivity contribution >= 4 is 44.4 Å². The van der Waals surface area contributed by atoms with Crippen LogP contribution in [0.2, 0.25) is 0 Å². The molecular formula is C22H25N3O3S2. The van der Waals surface area contributed by atoms with Gasteiger partial charge in [0, 0.05) is 42.3 Å². The van der Waals surface area contributed by atoms with Crippen LogP contribution in [0, 0.1) is 0 Å². The minimum absolute atomic E-state index is 0.0941. The molecule has 0 radical (unpaired) electrons. The number of carbonyl (C=O) groups excluding carboxylic acids is 1. The maximum Gasteiger partial charge on any atom is 0.229 e. The van der Waals surface area contributed by atoms with E-state index in [2.05, 4.69) is 17.0 Å². The second-order valence-corrected chi connectivity index (χ2v) is 9.40. The molecule has 0 aliphatic carbocycles. The van der Waals surface area contributed by atoms with E-state index in [1.165, 1.54) is 16.2 Å². The van der Waals surface area contributed by atoms with E-state index in [1.807, 2.05) is 49.3 Å². The fourth-order valence-corrected chi connectivity index (χ4v) is 4.98. The molecule has 0 unspecified atom stereocenters. The molecule has 158 valence electrons. The van der Waals surface area contributed by atoms with Crippen LogP contribution in [0.4, 0.5) is 5.13 Å². The van der Waals surface area contributed by atoms with Gasteiger partial charge < -0.3 is 14.4 Å². The Hall–Kier alpha value is -2.29. The van der Waals surface area contributed by atoms with E-state index in [-0.39, 0.29) is 5.91 Å². The first-order chi connectivity index (χ1) is 14.6. The second kappa shape index (κ2) is 9.68. The Kier molecular flexibility index (Phi) is 6.76. The monoisotopic (exact) mass is 443 g/mol. The number of likely N-dealkylation sites (N-methyl/N-ethyl adjacent to an activating group) is 1. The Morgan fingerprint density at radius 3 is 2.57 bits per heavy atom. The second-order valence-electron chi connectivity index (χ2n) is 7.22. The van der Waals surface area contributed by atoms with Gasteiger partial charge in [-0.1, -0.05) is 29.5 Å². The van der Waals surface area contributed by atoms with Gasteiger partial charge in [0.05, 0.1) is 10.2 Å². The first kappa shape index (κ1) is 21.0. The van der Waals surface area contributed by atoms with Crippen LogP contribution < -0.4 is 14.4 Å². The van der Waals surface area contributed by atoms with Crippen molar-refractivity contribution < 1.29 is 14.3 Å². The third-order valence-corrected chi connectivity index (χ3v) is 6.73. The third-order valence-electron chi connectivity index (χ3n) is 4.67. The number of rotatable bonds is 8. The lowest BCUT2D eigenvalue weighted by molar-refractivity contribution is -0.118. The molecule has 3 aromatic rings. The van der Waals surface area contributed by atoms with Crippen LogP contribution in [0.25, 0.3) is 10.2 Å². The van der Waals surface area contributed by atoms with Crippen molar-refractivity contribution in [1.82, 2.24) is 9.88 Å². The van der Waals surface area contributed by atoms with Crippen LogP contribution in [0.15, 0.2) is 47.4 Å². The van der Waals surface area contributed by atoms with Crippen molar-refractivity contribution in [3.8, 4) is 11.5 Å². The number of nitrogens with zero attached hydrogens (tertiary/aromatic N) is 3. The zero-order chi connectivity index (χ0) is 20.9. The molecule has 1 aliphatic rings. The van der Waals surface area contributed by atoms with Gasteiger partial charge in [0.2, 0.25) is 5.91 Å². The molecule has 6 nitrogen and oxygen atoms in total. The average Bonchev–Trinajstić information content (AvgIpc) is 3.15. The van der Waals surface area contributed by atoms with Crippen molar-refractivity contribution in [2.24, 2.45) is 0 Å². The van der Waals surface area contributed by atoms with Gasteiger partial charge in [0.25, 0.3) is 0 Å². The van der Waals surface area contributed by atoms with Crippen molar-refractivity contribution in [2.45, 2.75) is 11.3 Å². The molecule has 0 N–H and O–H groups in total. The number of hydrogen-bond donors (Lipinski definition) is 0. The van der Waals surface area contributed by atoms with Gasteiger partial charge in [-0.05, 0) is 26.2 Å². The van der Waals surface area contributed by atoms with Crippen LogP contribution in [0.5, 0.6) is 11.5 Å². The Morgan fingerprint density at radius 2 is 1.83 bits per heavy atom. The molecule has 0 atom stereocenters. The molecule has 2 heterocycles. The summed E-state index contributed by atoms with van der Waals surface area (Å²) in [5, 5.41) is 0.726. The van der Waals surface area contributed by atoms with Gasteiger partial charge in [0.15, 0.2) is 16.6 Å². The molecule has 8 heteroatoms. The molecule has 2 aromatic carbocycles. The standard InChI is InChI=1S/C22H25N3O3S2/c1-24(2)9-10-25(21(26)8-13-29-16-6-4-3-5-7-16)22-23-17-14-18-19(15-20(17)30-22)28-12-11-27-18/h3-7,14-15H,8-13H2,1-2H3. The molecule has 1 amide bonds. The highest BCUT2D eigenvalue weighted by Gasteiger charge is 2.21. The van der Waals surface area contributed by atoms with Crippen LogP contribution >= 0.6 is 23.1 Å². The molecule has 1 aromatic heterocycles. The number of benzene rings is 2. The maximum atomic E-state index is 13.1. The Morgan fingerprint density at radius 1 is 1.10 bits per heavy atom. The lowest BCUT2D eigenvalue weighted by Gasteiger charge is -2.22. The fourth-order valence-electron chi connectivity index (χ4n) is 3.10. The van der Waals surface area contributed by atoms with E-state index < -0.39 is 0 Å². The molecule has 0 spiro atoms. The van der Waals surface area contributed by atoms with E-state index in [1.54, 1.807) is 11.8 Å². The number of aromatic nitrogens is 1. The van der Waals surface area contributed by atoms with Crippen LogP contribution in [-0.4, -0.2) is 61.9 Å². The van der Waals surface area contributed by atoms with E-state index in [0.717, 1.165) is 39.1 Å². The van der Waals surface area contributed by atoms with Gasteiger partial charge >= 0.3 is 0 Å². The lowest BCUT2D eigenvalue weighted by atomic mass is 10.3. The van der Waals surface area contributed by atoms with Gasteiger partial charge in [-0.25, -0.2) is 4.98 Å². The minimum atomic E-state index is 0.0941. The van der Waals surface area contributed by atoms with Crippen LogP contribution in [-0.2, 0) is 4.79 Å². The molecule has 0 bridgehead atoms. The summed E-state index contributed by atoms with van der Waals surface area (Å²) in [4.78, 5) is 22.9. The normalized spacial score (nSPS) is 13.0. The fraction of sp³-hybridized carbons (Fsp3) is 0.364. The molecular weight excluding hydrogens is 418 g/mol. The quantitative estimate of drug-likeness (QED) is 0.488. The summed E-state index contributed by atoms with van der Waals surface area (Å²) in [6.45, 7) is 2.48. The van der Waals surface area contributed by atoms with Crippen molar-refractivity contribution in [1.29, 1.82) is 0 Å². The Balaban J connectivity index is 1.51. The number of amides is 1. The summed E-state index contributed by atoms with van der Waals surface area (Å²) < 4.78 is 12.4. The van der Waals surface area contributed by atoms with Gasteiger partial charge in [-0.3, -0.25) is 9.69 Å². The van der Waals surface area contributed by atoms with E-state index in [9.17, 15) is 4.79 Å². The van der Waals surface area contributed by atoms with Crippen molar-refractivity contribution in [3.63, 3.8) is 0 Å². The number of ether oxygens (including phenoxy) is 2. The average molecular weight is 444 g/mol. The van der Waals surface area contributed by atoms with Gasteiger partial charge in [-0.2, -0.15) is 0 Å². The number of thiazole rings is 1. The summed E-state index contributed by atoms with van der Waals surface area (Å²) in [5.41, 5.74) is 0.834. The van der Waals surface area contributed by atoms with E-state index in [0.29, 0.717) is 26.2 Å². The number of thioether (sulfide) groups is 1. The molecule has 1 aliphatic heterocycles. The first-order valence-corrected chi connectivity index (χ1v) is 11.7. The highest BCUT2D eigenvalue weighted by molar-refractivity contribution is 7.99. The maximum absolute atomic E-state index is 13.1. The van der Waals surface area contributed by atoms with Crippen molar-refractivity contribution in [3.05, 3.63) is 42.5 Å². The first-order valence-electron chi connectivity index (χ1n) is 9.93. The SMILES string of the molecule is CN(C)CCN(C(=O)CCSc1ccccc1)c1nc2cc3c(cc2s1)OCCO3. The molecule has 30 heavy (non-hydrogen) atoms. The van der Waals surface area contributed by atoms with Crippen molar-refractivity contribution in [2.75, 3.05) is 51.1 Å². The van der Waals surface area contributed by atoms with Gasteiger partial charge in [-0.15, -0.1) is 11.8 Å². The highest BCUT2D eigenvalue weighted by Crippen LogP contribution is 2.39. The molecule has 4 rings (SSSR count). The Bertz CT molecular complexity index is 965. The predicted molar refractivity (Wildman–Crippen MR) is 123 cm³/mol. The molecule has 0 saturated heterocycles. The molecule has 0 fully saturated rings. The predicted octanol–water partition coefficient (Wildman–Crippen LogP) is 4.14. The van der Waals surface area contributed by atoms with Crippen LogP contribution in [0.1, 0.15) is 6.42 Å². The van der Waals surface area contributed by atoms with E-state index in [4.69, 9.17) is 14.5 Å².